The van der Waals surface area contributed by atoms with Crippen molar-refractivity contribution in [3.05, 3.63) is 80.4 Å². The molecule has 4 fully saturated rings. The Morgan fingerprint density at radius 3 is 1.46 bits per heavy atom. The monoisotopic (exact) mass is 966 g/mol. The van der Waals surface area contributed by atoms with Gasteiger partial charge in [-0.1, -0.05) is 24.3 Å². The minimum Gasteiger partial charge on any atom is -0.483 e. The number of ether oxygens (including phenoxy) is 9. The molecule has 352 valence electrons. The van der Waals surface area contributed by atoms with Gasteiger partial charge in [0, 0.05) is 23.9 Å². The Morgan fingerprint density at radius 1 is 0.631 bits per heavy atom. The molecule has 0 saturated carbocycles. The molecular weight excluding hydrogens is 919 g/mol. The van der Waals surface area contributed by atoms with Crippen molar-refractivity contribution in [1.82, 2.24) is 9.13 Å². The third kappa shape index (κ3) is 10.6. The number of hydrogen-bond donors (Lipinski definition) is 1. The van der Waals surface area contributed by atoms with Gasteiger partial charge in [-0.15, -0.1) is 23.2 Å². The van der Waals surface area contributed by atoms with Gasteiger partial charge in [0.2, 0.25) is 5.24 Å². The lowest BCUT2D eigenvalue weighted by molar-refractivity contribution is -0.150. The van der Waals surface area contributed by atoms with Crippen LogP contribution in [-0.4, -0.2) is 138 Å². The summed E-state index contributed by atoms with van der Waals surface area (Å²) >= 11 is 15.1. The lowest BCUT2D eigenvalue weighted by atomic mass is 10.1. The van der Waals surface area contributed by atoms with Gasteiger partial charge in [-0.05, 0) is 63.6 Å². The van der Waals surface area contributed by atoms with Gasteiger partial charge in [0.1, 0.15) is 47.9 Å². The fraction of sp³-hybridized carbons (Fsp3) is 0.500. The van der Waals surface area contributed by atoms with Crippen molar-refractivity contribution in [1.29, 1.82) is 0 Å². The van der Waals surface area contributed by atoms with E-state index in [0.29, 0.717) is 34.9 Å². The number of nitrogens with zero attached hydrogens (tertiary/aromatic N) is 2. The summed E-state index contributed by atoms with van der Waals surface area (Å²) in [6.07, 6.45) is -4.48. The molecule has 0 aliphatic carbocycles. The highest BCUT2D eigenvalue weighted by Gasteiger charge is 2.51. The van der Waals surface area contributed by atoms with Crippen molar-refractivity contribution in [2.75, 3.05) is 51.4 Å². The molecule has 0 spiro atoms. The lowest BCUT2D eigenvalue weighted by Gasteiger charge is -2.22. The van der Waals surface area contributed by atoms with E-state index >= 15 is 0 Å². The molecule has 2 aromatic heterocycles. The molecule has 0 bridgehead atoms. The number of pyridine rings is 2. The van der Waals surface area contributed by atoms with Crippen LogP contribution in [0.3, 0.4) is 0 Å². The molecule has 8 rings (SSSR count). The van der Waals surface area contributed by atoms with Crippen LogP contribution in [0.5, 0.6) is 11.5 Å². The lowest BCUT2D eigenvalue weighted by Crippen LogP contribution is -2.37. The number of alkyl halides is 2. The number of halogens is 3. The largest absolute Gasteiger partial charge is 0.483 e. The van der Waals surface area contributed by atoms with E-state index in [1.165, 1.54) is 9.13 Å². The first-order chi connectivity index (χ1) is 31.3. The minimum absolute atomic E-state index is 0.0957. The predicted octanol–water partition coefficient (Wildman–Crippen LogP) is 3.99. The second kappa shape index (κ2) is 22.6. The molecule has 1 N–H and O–H groups in total. The van der Waals surface area contributed by atoms with Crippen LogP contribution in [0.1, 0.15) is 48.4 Å². The summed E-state index contributed by atoms with van der Waals surface area (Å²) in [7, 11) is 0. The number of fused-ring (bicyclic) bond motifs is 4. The number of rotatable bonds is 13. The predicted molar refractivity (Wildman–Crippen MR) is 236 cm³/mol. The average Bonchev–Trinajstić information content (AvgIpc) is 4.09. The number of para-hydroxylation sites is 2. The summed E-state index contributed by atoms with van der Waals surface area (Å²) in [6.45, 7) is 8.69. The second-order valence-electron chi connectivity index (χ2n) is 14.7. The molecule has 4 aromatic rings. The Morgan fingerprint density at radius 2 is 1.03 bits per heavy atom. The molecule has 8 atom stereocenters. The SMILES string of the molecule is CCOC(=O)c1c(OC2CO[C@@H]3[C@@H](OC(=O)CCl)CO[C@H]23)c2ccccc2n(CC)c1=O.CCOC(=O)c1c(OC2CO[C@H]3[C@@H]2OC[C@@H]3O)c2ccccc2n(CC)c1=O.O=C(Cl)CCl. The van der Waals surface area contributed by atoms with E-state index in [4.69, 9.17) is 77.4 Å². The highest BCUT2D eigenvalue weighted by molar-refractivity contribution is 6.67. The molecule has 6 heterocycles. The van der Waals surface area contributed by atoms with Gasteiger partial charge in [-0.2, -0.15) is 0 Å². The van der Waals surface area contributed by atoms with Crippen molar-refractivity contribution < 1.29 is 66.9 Å². The van der Waals surface area contributed by atoms with Gasteiger partial charge < -0.3 is 56.9 Å². The number of esters is 3. The van der Waals surface area contributed by atoms with Gasteiger partial charge in [-0.25, -0.2) is 9.59 Å². The first-order valence-electron chi connectivity index (χ1n) is 21.0. The topological polar surface area (TPSA) is 216 Å². The molecule has 65 heavy (non-hydrogen) atoms. The summed E-state index contributed by atoms with van der Waals surface area (Å²) in [5, 5.41) is 10.7. The number of aryl methyl sites for hydroxylation is 2. The van der Waals surface area contributed by atoms with Crippen molar-refractivity contribution in [3.63, 3.8) is 0 Å². The van der Waals surface area contributed by atoms with Crippen LogP contribution in [0.15, 0.2) is 58.1 Å². The number of aliphatic hydroxyl groups excluding tert-OH is 1. The van der Waals surface area contributed by atoms with E-state index in [-0.39, 0.29) is 74.0 Å². The van der Waals surface area contributed by atoms with Gasteiger partial charge in [0.25, 0.3) is 11.1 Å². The highest BCUT2D eigenvalue weighted by Crippen LogP contribution is 2.37. The van der Waals surface area contributed by atoms with Crippen LogP contribution in [0, 0.1) is 0 Å². The fourth-order valence-electron chi connectivity index (χ4n) is 8.07. The first kappa shape index (κ1) is 49.6. The normalized spacial score (nSPS) is 23.9. The fourth-order valence-corrected chi connectivity index (χ4v) is 8.14. The second-order valence-corrected chi connectivity index (χ2v) is 15.7. The molecule has 0 amide bonds. The Hall–Kier alpha value is -4.79. The summed E-state index contributed by atoms with van der Waals surface area (Å²) < 4.78 is 53.8. The Labute approximate surface area is 387 Å². The maximum Gasteiger partial charge on any atom is 0.347 e. The molecule has 18 nitrogen and oxygen atoms in total. The van der Waals surface area contributed by atoms with Crippen molar-refractivity contribution >= 4 is 79.8 Å². The van der Waals surface area contributed by atoms with Gasteiger partial charge in [0.15, 0.2) is 29.4 Å². The maximum absolute atomic E-state index is 13.2. The Bertz CT molecular complexity index is 2500. The van der Waals surface area contributed by atoms with E-state index in [0.717, 1.165) is 0 Å². The molecule has 4 aliphatic heterocycles. The average molecular weight is 968 g/mol. The van der Waals surface area contributed by atoms with Gasteiger partial charge in [-0.3, -0.25) is 19.2 Å². The molecule has 0 radical (unpaired) electrons. The Balaban J connectivity index is 0.000000197. The number of hydrogen-bond acceptors (Lipinski definition) is 16. The van der Waals surface area contributed by atoms with Crippen LogP contribution >= 0.6 is 34.8 Å². The van der Waals surface area contributed by atoms with Crippen molar-refractivity contribution in [3.8, 4) is 11.5 Å². The zero-order valence-electron chi connectivity index (χ0n) is 35.9. The highest BCUT2D eigenvalue weighted by atomic mass is 35.5. The van der Waals surface area contributed by atoms with Crippen LogP contribution in [0.25, 0.3) is 21.8 Å². The van der Waals surface area contributed by atoms with Crippen LogP contribution in [0.4, 0.5) is 0 Å². The summed E-state index contributed by atoms with van der Waals surface area (Å²) in [6, 6.07) is 14.5. The smallest absolute Gasteiger partial charge is 0.347 e. The van der Waals surface area contributed by atoms with E-state index in [1.807, 2.05) is 38.1 Å². The van der Waals surface area contributed by atoms with Crippen LogP contribution < -0.4 is 20.6 Å². The third-order valence-electron chi connectivity index (χ3n) is 10.8. The van der Waals surface area contributed by atoms with Crippen LogP contribution in [0.2, 0.25) is 0 Å². The van der Waals surface area contributed by atoms with Crippen LogP contribution in [-0.2, 0) is 55.8 Å². The number of benzene rings is 2. The maximum atomic E-state index is 13.2. The summed E-state index contributed by atoms with van der Waals surface area (Å²) in [5.41, 5.74) is 0.0536. The van der Waals surface area contributed by atoms with Crippen molar-refractivity contribution in [2.45, 2.75) is 89.6 Å². The van der Waals surface area contributed by atoms with E-state index in [1.54, 1.807) is 38.1 Å². The molecule has 2 aromatic carbocycles. The van der Waals surface area contributed by atoms with Gasteiger partial charge in [0.05, 0.1) is 56.6 Å². The Kier molecular flexibility index (Phi) is 17.3. The molecule has 4 saturated heterocycles. The number of carbonyl (C=O) groups is 4. The summed E-state index contributed by atoms with van der Waals surface area (Å²) in [5.74, 6) is -2.10. The minimum atomic E-state index is -0.753. The zero-order valence-corrected chi connectivity index (χ0v) is 38.2. The third-order valence-corrected chi connectivity index (χ3v) is 11.6. The molecule has 2 unspecified atom stereocenters. The number of carbonyl (C=O) groups excluding carboxylic acids is 4. The van der Waals surface area contributed by atoms with Crippen molar-refractivity contribution in [2.24, 2.45) is 0 Å². The number of aliphatic hydroxyl groups is 1. The van der Waals surface area contributed by atoms with Gasteiger partial charge >= 0.3 is 17.9 Å². The summed E-state index contributed by atoms with van der Waals surface area (Å²) in [4.78, 5) is 72.7. The van der Waals surface area contributed by atoms with E-state index in [9.17, 15) is 33.9 Å². The first-order valence-corrected chi connectivity index (χ1v) is 22.4. The zero-order chi connectivity index (χ0) is 46.9. The molecular formula is C44H49Cl3N2O16. The van der Waals surface area contributed by atoms with E-state index in [2.05, 4.69) is 0 Å². The quantitative estimate of drug-likeness (QED) is 0.0868. The molecule has 4 aliphatic rings. The number of aromatic nitrogens is 2. The molecule has 21 heteroatoms. The standard InChI is InChI=1S/C22H24ClNO8.C20H23NO7.C2H2Cl2O/c1-3-24-13-8-6-5-7-12(13)18(17(21(24)26)22(27)28-4-2)32-15-11-30-19-14(10-29-20(15)19)31-16(25)9-23;1-3-21-12-8-6-5-7-11(12)16(15(19(21)23)20(24)25-4-2)28-14-10-27-17-13(22)9-26-18(14)17;3-1-2(4)5/h5-8,14-15,19-20H,3-4,9-11H2,1-2H3;5-8,13-14,17-18,22H,3-4,9-10H2,1-2H3;1H2/t14-,15?,19+,20+;13-,14?,17+,18+;/m00./s1. The van der Waals surface area contributed by atoms with E-state index < -0.39 is 83.1 Å².